The molecular weight excluding hydrogens is 334 g/mol. The monoisotopic (exact) mass is 367 g/mol. The average Bonchev–Trinajstić information content (AvgIpc) is 2.79. The van der Waals surface area contributed by atoms with Gasteiger partial charge in [0, 0.05) is 32.4 Å². The van der Waals surface area contributed by atoms with Gasteiger partial charge in [-0.25, -0.2) is 0 Å². The highest BCUT2D eigenvalue weighted by molar-refractivity contribution is 5.88. The fraction of sp³-hybridized carbons (Fsp3) is 0.842. The van der Waals surface area contributed by atoms with Crippen molar-refractivity contribution in [1.82, 2.24) is 15.1 Å². The molecule has 2 saturated heterocycles. The number of carboxylic acid groups (broad SMARTS) is 1. The lowest BCUT2D eigenvalue weighted by Gasteiger charge is -2.44. The number of amides is 2. The number of hydrogen-bond acceptors (Lipinski definition) is 4. The third kappa shape index (κ3) is 4.55. The van der Waals surface area contributed by atoms with E-state index in [9.17, 15) is 19.5 Å². The second kappa shape index (κ2) is 8.37. The Kier molecular flexibility index (Phi) is 6.66. The van der Waals surface area contributed by atoms with Crippen molar-refractivity contribution in [3.63, 3.8) is 0 Å². The Labute approximate surface area is 156 Å². The van der Waals surface area contributed by atoms with Crippen molar-refractivity contribution >= 4 is 17.8 Å². The zero-order valence-corrected chi connectivity index (χ0v) is 16.5. The summed E-state index contributed by atoms with van der Waals surface area (Å²) in [4.78, 5) is 39.9. The van der Waals surface area contributed by atoms with Crippen molar-refractivity contribution in [3.05, 3.63) is 0 Å². The summed E-state index contributed by atoms with van der Waals surface area (Å²) < 4.78 is 0. The maximum atomic E-state index is 12.8. The maximum Gasteiger partial charge on any atom is 0.323 e. The van der Waals surface area contributed by atoms with Gasteiger partial charge in [-0.2, -0.15) is 0 Å². The molecule has 2 aliphatic rings. The van der Waals surface area contributed by atoms with E-state index in [0.717, 1.165) is 6.42 Å². The summed E-state index contributed by atoms with van der Waals surface area (Å²) in [7, 11) is 0. The van der Waals surface area contributed by atoms with E-state index in [1.807, 2.05) is 4.90 Å². The predicted molar refractivity (Wildman–Crippen MR) is 98.3 cm³/mol. The van der Waals surface area contributed by atoms with E-state index < -0.39 is 11.6 Å². The normalized spacial score (nSPS) is 23.7. The first kappa shape index (κ1) is 20.7. The molecule has 2 unspecified atom stereocenters. The Balaban J connectivity index is 2.08. The summed E-state index contributed by atoms with van der Waals surface area (Å²) in [6, 6.07) is -0.336. The van der Waals surface area contributed by atoms with Crippen LogP contribution in [-0.4, -0.2) is 64.0 Å². The Bertz CT molecular complexity index is 541. The lowest BCUT2D eigenvalue weighted by atomic mass is 9.94. The number of hydrogen-bond donors (Lipinski definition) is 2. The molecule has 2 aliphatic heterocycles. The van der Waals surface area contributed by atoms with Crippen LogP contribution in [0.2, 0.25) is 0 Å². The molecule has 2 amide bonds. The molecule has 2 fully saturated rings. The molecule has 26 heavy (non-hydrogen) atoms. The summed E-state index contributed by atoms with van der Waals surface area (Å²) in [5, 5.41) is 12.7. The first-order valence-corrected chi connectivity index (χ1v) is 9.77. The fourth-order valence-corrected chi connectivity index (χ4v) is 3.97. The molecule has 0 bridgehead atoms. The van der Waals surface area contributed by atoms with E-state index in [2.05, 4.69) is 33.0 Å². The number of carboxylic acids is 1. The number of piperidine rings is 1. The maximum absolute atomic E-state index is 12.8. The molecule has 7 heteroatoms. The van der Waals surface area contributed by atoms with Gasteiger partial charge >= 0.3 is 5.97 Å². The minimum atomic E-state index is -1.00. The highest BCUT2D eigenvalue weighted by Crippen LogP contribution is 2.34. The smallest absolute Gasteiger partial charge is 0.323 e. The molecule has 0 aliphatic carbocycles. The molecule has 0 aromatic rings. The van der Waals surface area contributed by atoms with Crippen LogP contribution in [0.3, 0.4) is 0 Å². The number of aliphatic carboxylic acids is 1. The molecule has 7 nitrogen and oxygen atoms in total. The molecular formula is C19H33N3O4. The van der Waals surface area contributed by atoms with Crippen molar-refractivity contribution in [2.24, 2.45) is 11.8 Å². The first-order valence-electron chi connectivity index (χ1n) is 9.77. The van der Waals surface area contributed by atoms with Crippen molar-refractivity contribution in [2.75, 3.05) is 19.6 Å². The van der Waals surface area contributed by atoms with E-state index in [1.165, 1.54) is 4.90 Å². The van der Waals surface area contributed by atoms with Crippen LogP contribution in [-0.2, 0) is 14.4 Å². The third-order valence-corrected chi connectivity index (χ3v) is 5.69. The van der Waals surface area contributed by atoms with E-state index in [-0.39, 0.29) is 24.4 Å². The zero-order valence-electron chi connectivity index (χ0n) is 16.5. The Morgan fingerprint density at radius 2 is 1.88 bits per heavy atom. The van der Waals surface area contributed by atoms with Gasteiger partial charge in [0.15, 0.2) is 0 Å². The third-order valence-electron chi connectivity index (χ3n) is 5.69. The minimum Gasteiger partial charge on any atom is -0.480 e. The summed E-state index contributed by atoms with van der Waals surface area (Å²) in [6.45, 7) is 9.08. The van der Waals surface area contributed by atoms with Crippen molar-refractivity contribution in [1.29, 1.82) is 0 Å². The Morgan fingerprint density at radius 1 is 1.27 bits per heavy atom. The number of carbonyl (C=O) groups excluding carboxylic acids is 2. The van der Waals surface area contributed by atoms with E-state index in [1.54, 1.807) is 0 Å². The second-order valence-corrected chi connectivity index (χ2v) is 8.27. The van der Waals surface area contributed by atoms with Crippen LogP contribution in [0.1, 0.15) is 59.8 Å². The van der Waals surface area contributed by atoms with Crippen LogP contribution < -0.4 is 5.32 Å². The number of nitrogens with zero attached hydrogens (tertiary/aromatic N) is 2. The van der Waals surface area contributed by atoms with Crippen molar-refractivity contribution in [3.8, 4) is 0 Å². The number of rotatable bonds is 7. The van der Waals surface area contributed by atoms with Gasteiger partial charge < -0.3 is 14.9 Å². The van der Waals surface area contributed by atoms with E-state index >= 15 is 0 Å². The van der Waals surface area contributed by atoms with Crippen molar-refractivity contribution in [2.45, 2.75) is 71.5 Å². The van der Waals surface area contributed by atoms with Crippen LogP contribution in [0.4, 0.5) is 0 Å². The highest BCUT2D eigenvalue weighted by atomic mass is 16.4. The van der Waals surface area contributed by atoms with Crippen LogP contribution in [0.15, 0.2) is 0 Å². The molecule has 0 aromatic carbocycles. The van der Waals surface area contributed by atoms with Crippen LogP contribution >= 0.6 is 0 Å². The lowest BCUT2D eigenvalue weighted by Crippen LogP contribution is -2.60. The van der Waals surface area contributed by atoms with Crippen molar-refractivity contribution < 1.29 is 19.5 Å². The second-order valence-electron chi connectivity index (χ2n) is 8.27. The van der Waals surface area contributed by atoms with Gasteiger partial charge in [-0.15, -0.1) is 0 Å². The molecule has 2 heterocycles. The molecule has 2 rings (SSSR count). The van der Waals surface area contributed by atoms with E-state index in [4.69, 9.17) is 0 Å². The van der Waals surface area contributed by atoms with Crippen LogP contribution in [0, 0.1) is 11.8 Å². The quantitative estimate of drug-likeness (QED) is 0.714. The Hall–Kier alpha value is -1.63. The first-order chi connectivity index (χ1) is 12.2. The van der Waals surface area contributed by atoms with E-state index in [0.29, 0.717) is 50.6 Å². The summed E-state index contributed by atoms with van der Waals surface area (Å²) >= 11 is 0. The molecule has 148 valence electrons. The molecule has 0 aromatic heterocycles. The summed E-state index contributed by atoms with van der Waals surface area (Å²) in [6.07, 6.45) is 3.36. The average molecular weight is 367 g/mol. The van der Waals surface area contributed by atoms with Crippen LogP contribution in [0.5, 0.6) is 0 Å². The zero-order chi connectivity index (χ0) is 19.5. The number of nitrogens with one attached hydrogen (secondary N) is 1. The fourth-order valence-electron chi connectivity index (χ4n) is 3.97. The number of carbonyl (C=O) groups is 3. The standard InChI is InChI=1S/C19H33N3O4/c1-5-14(4)11-16(23)21-8-6-19(7-9-21)20-15(10-13(2)3)18(26)22(19)12-17(24)25/h13-15,20H,5-12H2,1-4H3,(H,24,25). The summed E-state index contributed by atoms with van der Waals surface area (Å²) in [5.74, 6) is -0.263. The lowest BCUT2D eigenvalue weighted by molar-refractivity contribution is -0.148. The number of likely N-dealkylation sites (tertiary alicyclic amines) is 1. The van der Waals surface area contributed by atoms with Gasteiger partial charge in [0.25, 0.3) is 0 Å². The van der Waals surface area contributed by atoms with Gasteiger partial charge in [0.05, 0.1) is 11.7 Å². The molecule has 2 N–H and O–H groups in total. The van der Waals surface area contributed by atoms with Crippen LogP contribution in [0.25, 0.3) is 0 Å². The molecule has 1 spiro atoms. The van der Waals surface area contributed by atoms with Gasteiger partial charge in [0.1, 0.15) is 6.54 Å². The topological polar surface area (TPSA) is 90.0 Å². The SMILES string of the molecule is CCC(C)CC(=O)N1CCC2(CC1)NC(CC(C)C)C(=O)N2CC(=O)O. The molecule has 0 saturated carbocycles. The van der Waals surface area contributed by atoms with Gasteiger partial charge in [0.2, 0.25) is 11.8 Å². The molecule has 2 atom stereocenters. The predicted octanol–water partition coefficient (Wildman–Crippen LogP) is 1.67. The minimum absolute atomic E-state index is 0.125. The van der Waals surface area contributed by atoms with Gasteiger partial charge in [-0.3, -0.25) is 19.7 Å². The summed E-state index contributed by atoms with van der Waals surface area (Å²) in [5.41, 5.74) is -0.637. The molecule has 0 radical (unpaired) electrons. The van der Waals surface area contributed by atoms with Gasteiger partial charge in [-0.05, 0) is 18.3 Å². The van der Waals surface area contributed by atoms with Gasteiger partial charge in [-0.1, -0.05) is 34.1 Å². The largest absolute Gasteiger partial charge is 0.480 e. The highest BCUT2D eigenvalue weighted by Gasteiger charge is 2.52. The Morgan fingerprint density at radius 3 is 2.38 bits per heavy atom.